The Morgan fingerprint density at radius 1 is 1.46 bits per heavy atom. The van der Waals surface area contributed by atoms with Gasteiger partial charge in [-0.2, -0.15) is 0 Å². The van der Waals surface area contributed by atoms with Crippen molar-refractivity contribution in [3.05, 3.63) is 40.1 Å². The number of aromatic nitrogens is 1. The van der Waals surface area contributed by atoms with Gasteiger partial charge in [-0.05, 0) is 42.5 Å². The number of methoxy groups -OCH3 is 1. The second-order valence-corrected chi connectivity index (χ2v) is 6.48. The van der Waals surface area contributed by atoms with Crippen molar-refractivity contribution < 1.29 is 19.2 Å². The average molecular weight is 332 g/mol. The van der Waals surface area contributed by atoms with E-state index in [2.05, 4.69) is 9.72 Å². The molecule has 128 valence electrons. The Morgan fingerprint density at radius 3 is 2.83 bits per heavy atom. The summed E-state index contributed by atoms with van der Waals surface area (Å²) in [6, 6.07) is 5.61. The number of ether oxygens (including phenoxy) is 2. The van der Waals surface area contributed by atoms with Crippen molar-refractivity contribution in [1.82, 2.24) is 4.98 Å². The predicted molar refractivity (Wildman–Crippen MR) is 87.6 cm³/mol. The number of H-pyrrole nitrogens is 1. The molecule has 0 aliphatic heterocycles. The van der Waals surface area contributed by atoms with E-state index in [1.54, 1.807) is 6.20 Å². The first-order chi connectivity index (χ1) is 11.4. The molecule has 0 spiro atoms. The zero-order chi connectivity index (χ0) is 17.3. The Hall–Kier alpha value is -2.57. The van der Waals surface area contributed by atoms with Gasteiger partial charge in [-0.1, -0.05) is 0 Å². The minimum absolute atomic E-state index is 0.0568. The van der Waals surface area contributed by atoms with E-state index in [1.807, 2.05) is 18.2 Å². The molecule has 1 saturated carbocycles. The van der Waals surface area contributed by atoms with Crippen LogP contribution < -0.4 is 4.74 Å². The van der Waals surface area contributed by atoms with Crippen molar-refractivity contribution >= 4 is 16.9 Å². The highest BCUT2D eigenvalue weighted by atomic mass is 16.6. The number of nitrogens with zero attached hydrogens (tertiary/aromatic N) is 1. The van der Waals surface area contributed by atoms with Gasteiger partial charge in [0.15, 0.2) is 0 Å². The van der Waals surface area contributed by atoms with Crippen LogP contribution in [0.5, 0.6) is 5.75 Å². The zero-order valence-corrected chi connectivity index (χ0v) is 13.7. The summed E-state index contributed by atoms with van der Waals surface area (Å²) in [4.78, 5) is 25.8. The molecule has 0 amide bonds. The first kappa shape index (κ1) is 16.3. The summed E-state index contributed by atoms with van der Waals surface area (Å²) in [6.45, 7) is 1.98. The number of aromatic amines is 1. The molecule has 1 aliphatic rings. The summed E-state index contributed by atoms with van der Waals surface area (Å²) < 4.78 is 10.4. The van der Waals surface area contributed by atoms with Crippen LogP contribution in [0.2, 0.25) is 0 Å². The van der Waals surface area contributed by atoms with Gasteiger partial charge in [0.05, 0.1) is 20.1 Å². The van der Waals surface area contributed by atoms with Gasteiger partial charge in [0.25, 0.3) is 0 Å². The molecule has 24 heavy (non-hydrogen) atoms. The SMILES string of the molecule is COC(=O)[C@](C)(Cc1c[nH]c2ccc(OCC3CC3)cc12)[N+](=O)[O-]. The van der Waals surface area contributed by atoms with Gasteiger partial charge >= 0.3 is 11.5 Å². The molecule has 0 radical (unpaired) electrons. The van der Waals surface area contributed by atoms with Crippen LogP contribution >= 0.6 is 0 Å². The number of benzene rings is 1. The molecular weight excluding hydrogens is 312 g/mol. The Balaban J connectivity index is 1.88. The lowest BCUT2D eigenvalue weighted by Crippen LogP contribution is -2.46. The van der Waals surface area contributed by atoms with Crippen LogP contribution in [-0.2, 0) is 16.0 Å². The van der Waals surface area contributed by atoms with Gasteiger partial charge in [0.1, 0.15) is 5.75 Å². The average Bonchev–Trinajstić information content (AvgIpc) is 3.33. The van der Waals surface area contributed by atoms with Gasteiger partial charge in [-0.15, -0.1) is 0 Å². The maximum atomic E-state index is 11.9. The molecule has 7 nitrogen and oxygen atoms in total. The summed E-state index contributed by atoms with van der Waals surface area (Å²) in [5.74, 6) is 0.516. The number of hydrogen-bond acceptors (Lipinski definition) is 5. The van der Waals surface area contributed by atoms with Crippen molar-refractivity contribution in [2.75, 3.05) is 13.7 Å². The van der Waals surface area contributed by atoms with E-state index in [4.69, 9.17) is 4.74 Å². The van der Waals surface area contributed by atoms with Crippen LogP contribution in [0, 0.1) is 16.0 Å². The monoisotopic (exact) mass is 332 g/mol. The van der Waals surface area contributed by atoms with Crippen LogP contribution in [0.25, 0.3) is 10.9 Å². The highest BCUT2D eigenvalue weighted by Gasteiger charge is 2.47. The van der Waals surface area contributed by atoms with Crippen molar-refractivity contribution in [3.8, 4) is 5.75 Å². The molecule has 1 aromatic heterocycles. The normalized spacial score (nSPS) is 16.6. The first-order valence-electron chi connectivity index (χ1n) is 7.90. The van der Waals surface area contributed by atoms with Crippen LogP contribution in [0.15, 0.2) is 24.4 Å². The Labute approximate surface area is 139 Å². The molecule has 1 heterocycles. The summed E-state index contributed by atoms with van der Waals surface area (Å²) in [7, 11) is 1.16. The molecule has 7 heteroatoms. The van der Waals surface area contributed by atoms with E-state index >= 15 is 0 Å². The maximum Gasteiger partial charge on any atom is 0.384 e. The third kappa shape index (κ3) is 3.06. The van der Waals surface area contributed by atoms with Crippen LogP contribution in [0.1, 0.15) is 25.3 Å². The zero-order valence-electron chi connectivity index (χ0n) is 13.7. The Kier molecular flexibility index (Phi) is 4.17. The van der Waals surface area contributed by atoms with Crippen molar-refractivity contribution in [3.63, 3.8) is 0 Å². The lowest BCUT2D eigenvalue weighted by Gasteiger charge is -2.17. The van der Waals surface area contributed by atoms with E-state index in [-0.39, 0.29) is 6.42 Å². The lowest BCUT2D eigenvalue weighted by atomic mass is 9.93. The molecule has 1 fully saturated rings. The van der Waals surface area contributed by atoms with Gasteiger partial charge in [-0.25, -0.2) is 4.79 Å². The highest BCUT2D eigenvalue weighted by Crippen LogP contribution is 2.31. The number of esters is 1. The van der Waals surface area contributed by atoms with E-state index in [9.17, 15) is 14.9 Å². The fourth-order valence-corrected chi connectivity index (χ4v) is 2.69. The van der Waals surface area contributed by atoms with Gasteiger partial charge in [-0.3, -0.25) is 10.1 Å². The van der Waals surface area contributed by atoms with Crippen LogP contribution in [0.4, 0.5) is 0 Å². The van der Waals surface area contributed by atoms with Crippen molar-refractivity contribution in [2.24, 2.45) is 5.92 Å². The van der Waals surface area contributed by atoms with E-state index in [1.165, 1.54) is 19.8 Å². The van der Waals surface area contributed by atoms with E-state index in [0.29, 0.717) is 18.1 Å². The fraction of sp³-hybridized carbons (Fsp3) is 0.471. The maximum absolute atomic E-state index is 11.9. The summed E-state index contributed by atoms with van der Waals surface area (Å²) in [5.41, 5.74) is -0.291. The molecule has 1 aliphatic carbocycles. The number of nitro groups is 1. The van der Waals surface area contributed by atoms with Crippen molar-refractivity contribution in [2.45, 2.75) is 31.7 Å². The number of carbonyl (C=O) groups excluding carboxylic acids is 1. The summed E-state index contributed by atoms with van der Waals surface area (Å²) in [6.07, 6.45) is 4.05. The third-order valence-electron chi connectivity index (χ3n) is 4.48. The standard InChI is InChI=1S/C17H20N2O5/c1-17(19(21)22,16(20)23-2)8-12-9-18-15-6-5-13(7-14(12)15)24-10-11-3-4-11/h5-7,9,11,18H,3-4,8,10H2,1-2H3/t17-/m0/s1. The largest absolute Gasteiger partial charge is 0.493 e. The number of hydrogen-bond donors (Lipinski definition) is 1. The summed E-state index contributed by atoms with van der Waals surface area (Å²) >= 11 is 0. The van der Waals surface area contributed by atoms with Crippen molar-refractivity contribution in [1.29, 1.82) is 0 Å². The Morgan fingerprint density at radius 2 is 2.21 bits per heavy atom. The smallest absolute Gasteiger partial charge is 0.384 e. The summed E-state index contributed by atoms with van der Waals surface area (Å²) in [5, 5.41) is 12.2. The molecule has 0 saturated heterocycles. The van der Waals surface area contributed by atoms with Gasteiger partial charge in [0.2, 0.25) is 0 Å². The number of carbonyl (C=O) groups is 1. The third-order valence-corrected chi connectivity index (χ3v) is 4.48. The molecule has 0 unspecified atom stereocenters. The molecule has 1 aromatic carbocycles. The molecule has 1 N–H and O–H groups in total. The number of rotatable bonds is 7. The number of fused-ring (bicyclic) bond motifs is 1. The number of nitrogens with one attached hydrogen (secondary N) is 1. The molecular formula is C17H20N2O5. The highest BCUT2D eigenvalue weighted by molar-refractivity contribution is 5.86. The minimum Gasteiger partial charge on any atom is -0.493 e. The topological polar surface area (TPSA) is 94.5 Å². The van der Waals surface area contributed by atoms with Gasteiger partial charge in [0, 0.05) is 28.9 Å². The lowest BCUT2D eigenvalue weighted by molar-refractivity contribution is -0.550. The fourth-order valence-electron chi connectivity index (χ4n) is 2.69. The van der Waals surface area contributed by atoms with Crippen LogP contribution in [0.3, 0.4) is 0 Å². The molecule has 2 aromatic rings. The second-order valence-electron chi connectivity index (χ2n) is 6.48. The first-order valence-corrected chi connectivity index (χ1v) is 7.90. The van der Waals surface area contributed by atoms with E-state index in [0.717, 1.165) is 23.8 Å². The predicted octanol–water partition coefficient (Wildman–Crippen LogP) is 2.71. The molecule has 1 atom stereocenters. The van der Waals surface area contributed by atoms with E-state index < -0.39 is 16.4 Å². The minimum atomic E-state index is -1.82. The van der Waals surface area contributed by atoms with Gasteiger partial charge < -0.3 is 14.5 Å². The Bertz CT molecular complexity index is 780. The quantitative estimate of drug-likeness (QED) is 0.478. The second kappa shape index (κ2) is 6.14. The molecule has 3 rings (SSSR count). The van der Waals surface area contributed by atoms with Crippen LogP contribution in [-0.4, -0.2) is 35.1 Å². The molecule has 0 bridgehead atoms.